The average molecular weight is 365 g/mol. The minimum absolute atomic E-state index is 0.0143. The number of nitro groups is 1. The molecule has 8 heteroatoms. The van der Waals surface area contributed by atoms with E-state index in [9.17, 15) is 14.9 Å². The third-order valence-corrected chi connectivity index (χ3v) is 4.54. The molecular weight excluding hydrogens is 346 g/mol. The predicted molar refractivity (Wildman–Crippen MR) is 99.3 cm³/mol. The Labute approximate surface area is 156 Å². The molecule has 3 rings (SSSR count). The monoisotopic (exact) mass is 365 g/mol. The number of nitrogens with zero attached hydrogens (tertiary/aromatic N) is 5. The minimum atomic E-state index is -0.456. The standard InChI is InChI=1S/C19H19N5O3/c1-14(16-5-9-17(10-6-16)23-13-20-12-21-23)22(2)19(25)11-15-3-7-18(8-4-15)24(26)27/h3-10,12-14H,11H2,1-2H3/t14-/m0/s1. The van der Waals surface area contributed by atoms with Gasteiger partial charge in [0.15, 0.2) is 0 Å². The van der Waals surface area contributed by atoms with E-state index in [1.165, 1.54) is 18.5 Å². The topological polar surface area (TPSA) is 94.2 Å². The fourth-order valence-corrected chi connectivity index (χ4v) is 2.72. The Kier molecular flexibility index (Phi) is 5.25. The van der Waals surface area contributed by atoms with Crippen LogP contribution >= 0.6 is 0 Å². The van der Waals surface area contributed by atoms with Crippen LogP contribution in [0.15, 0.2) is 61.2 Å². The van der Waals surface area contributed by atoms with Gasteiger partial charge in [0.1, 0.15) is 12.7 Å². The van der Waals surface area contributed by atoms with Crippen molar-refractivity contribution in [3.63, 3.8) is 0 Å². The lowest BCUT2D eigenvalue weighted by molar-refractivity contribution is -0.384. The van der Waals surface area contributed by atoms with Gasteiger partial charge < -0.3 is 4.90 Å². The highest BCUT2D eigenvalue weighted by molar-refractivity contribution is 5.79. The molecule has 0 aliphatic heterocycles. The molecule has 0 saturated heterocycles. The third-order valence-electron chi connectivity index (χ3n) is 4.54. The van der Waals surface area contributed by atoms with Gasteiger partial charge in [-0.05, 0) is 30.2 Å². The first-order valence-corrected chi connectivity index (χ1v) is 8.39. The van der Waals surface area contributed by atoms with Gasteiger partial charge in [-0.3, -0.25) is 14.9 Å². The normalized spacial score (nSPS) is 11.8. The zero-order chi connectivity index (χ0) is 19.4. The SMILES string of the molecule is C[C@@H](c1ccc(-n2cncn2)cc1)N(C)C(=O)Cc1ccc([N+](=O)[O-])cc1. The van der Waals surface area contributed by atoms with Crippen molar-refractivity contribution in [3.8, 4) is 5.69 Å². The highest BCUT2D eigenvalue weighted by Gasteiger charge is 2.18. The van der Waals surface area contributed by atoms with E-state index in [1.54, 1.807) is 35.1 Å². The quantitative estimate of drug-likeness (QED) is 0.494. The maximum atomic E-state index is 12.6. The van der Waals surface area contributed by atoms with Gasteiger partial charge in [0, 0.05) is 19.2 Å². The van der Waals surface area contributed by atoms with Gasteiger partial charge in [0.2, 0.25) is 5.91 Å². The largest absolute Gasteiger partial charge is 0.339 e. The molecule has 0 radical (unpaired) electrons. The van der Waals surface area contributed by atoms with Crippen LogP contribution in [0, 0.1) is 10.1 Å². The molecule has 8 nitrogen and oxygen atoms in total. The molecule has 27 heavy (non-hydrogen) atoms. The van der Waals surface area contributed by atoms with Crippen molar-refractivity contribution >= 4 is 11.6 Å². The number of nitro benzene ring substituents is 1. The number of carbonyl (C=O) groups excluding carboxylic acids is 1. The van der Waals surface area contributed by atoms with Crippen LogP contribution in [0.3, 0.4) is 0 Å². The van der Waals surface area contributed by atoms with E-state index in [0.29, 0.717) is 0 Å². The van der Waals surface area contributed by atoms with Crippen molar-refractivity contribution in [2.24, 2.45) is 0 Å². The Morgan fingerprint density at radius 2 is 1.85 bits per heavy atom. The van der Waals surface area contributed by atoms with Gasteiger partial charge in [-0.2, -0.15) is 5.10 Å². The molecule has 138 valence electrons. The van der Waals surface area contributed by atoms with Crippen LogP contribution in [0.1, 0.15) is 24.1 Å². The van der Waals surface area contributed by atoms with Crippen molar-refractivity contribution in [3.05, 3.63) is 82.4 Å². The van der Waals surface area contributed by atoms with Crippen LogP contribution < -0.4 is 0 Å². The van der Waals surface area contributed by atoms with E-state index >= 15 is 0 Å². The highest BCUT2D eigenvalue weighted by atomic mass is 16.6. The molecule has 2 aromatic carbocycles. The number of amides is 1. The number of likely N-dealkylation sites (N-methyl/N-ethyl adjacent to an activating group) is 1. The molecule has 1 aromatic heterocycles. The van der Waals surface area contributed by atoms with Gasteiger partial charge in [-0.1, -0.05) is 24.3 Å². The van der Waals surface area contributed by atoms with E-state index in [0.717, 1.165) is 16.8 Å². The predicted octanol–water partition coefficient (Wildman–Crippen LogP) is 2.94. The highest BCUT2D eigenvalue weighted by Crippen LogP contribution is 2.21. The average Bonchev–Trinajstić information content (AvgIpc) is 3.22. The Balaban J connectivity index is 1.66. The second-order valence-electron chi connectivity index (χ2n) is 6.21. The Bertz CT molecular complexity index is 921. The Morgan fingerprint density at radius 1 is 1.19 bits per heavy atom. The van der Waals surface area contributed by atoms with Crippen LogP contribution in [0.2, 0.25) is 0 Å². The summed E-state index contributed by atoms with van der Waals surface area (Å²) in [5, 5.41) is 14.8. The summed E-state index contributed by atoms with van der Waals surface area (Å²) in [6.07, 6.45) is 3.29. The summed E-state index contributed by atoms with van der Waals surface area (Å²) in [6.45, 7) is 1.96. The van der Waals surface area contributed by atoms with Crippen molar-refractivity contribution < 1.29 is 9.72 Å². The summed E-state index contributed by atoms with van der Waals surface area (Å²) >= 11 is 0. The molecular formula is C19H19N5O3. The minimum Gasteiger partial charge on any atom is -0.339 e. The van der Waals surface area contributed by atoms with Gasteiger partial charge >= 0.3 is 0 Å². The summed E-state index contributed by atoms with van der Waals surface area (Å²) in [5.74, 6) is -0.0586. The van der Waals surface area contributed by atoms with E-state index < -0.39 is 4.92 Å². The first-order chi connectivity index (χ1) is 13.0. The lowest BCUT2D eigenvalue weighted by Crippen LogP contribution is -2.30. The van der Waals surface area contributed by atoms with Gasteiger partial charge in [-0.15, -0.1) is 0 Å². The second-order valence-corrected chi connectivity index (χ2v) is 6.21. The molecule has 3 aromatic rings. The lowest BCUT2D eigenvalue weighted by Gasteiger charge is -2.25. The zero-order valence-electron chi connectivity index (χ0n) is 15.0. The number of carbonyl (C=O) groups is 1. The summed E-state index contributed by atoms with van der Waals surface area (Å²) in [5.41, 5.74) is 2.65. The first kappa shape index (κ1) is 18.2. The third kappa shape index (κ3) is 4.17. The first-order valence-electron chi connectivity index (χ1n) is 8.39. The number of hydrogen-bond donors (Lipinski definition) is 0. The molecule has 0 aliphatic rings. The van der Waals surface area contributed by atoms with Gasteiger partial charge in [-0.25, -0.2) is 9.67 Å². The molecule has 0 N–H and O–H groups in total. The van der Waals surface area contributed by atoms with E-state index in [-0.39, 0.29) is 24.1 Å². The second kappa shape index (κ2) is 7.77. The van der Waals surface area contributed by atoms with Crippen molar-refractivity contribution in [1.82, 2.24) is 19.7 Å². The lowest BCUT2D eigenvalue weighted by atomic mass is 10.1. The van der Waals surface area contributed by atoms with Crippen LogP contribution in [0.4, 0.5) is 5.69 Å². The van der Waals surface area contributed by atoms with Gasteiger partial charge in [0.05, 0.1) is 23.1 Å². The molecule has 0 saturated carbocycles. The van der Waals surface area contributed by atoms with Crippen molar-refractivity contribution in [2.75, 3.05) is 7.05 Å². The van der Waals surface area contributed by atoms with Gasteiger partial charge in [0.25, 0.3) is 5.69 Å². The number of benzene rings is 2. The maximum Gasteiger partial charge on any atom is 0.269 e. The number of hydrogen-bond acceptors (Lipinski definition) is 5. The van der Waals surface area contributed by atoms with Crippen molar-refractivity contribution in [2.45, 2.75) is 19.4 Å². The molecule has 1 amide bonds. The number of rotatable bonds is 6. The molecule has 1 heterocycles. The molecule has 0 bridgehead atoms. The van der Waals surface area contributed by atoms with Crippen LogP contribution in [-0.4, -0.2) is 37.5 Å². The smallest absolute Gasteiger partial charge is 0.269 e. The van der Waals surface area contributed by atoms with Crippen molar-refractivity contribution in [1.29, 1.82) is 0 Å². The van der Waals surface area contributed by atoms with E-state index in [2.05, 4.69) is 10.1 Å². The maximum absolute atomic E-state index is 12.6. The molecule has 0 unspecified atom stereocenters. The molecule has 0 fully saturated rings. The van der Waals surface area contributed by atoms with E-state index in [1.807, 2.05) is 31.2 Å². The molecule has 0 spiro atoms. The molecule has 0 aliphatic carbocycles. The summed E-state index contributed by atoms with van der Waals surface area (Å²) in [4.78, 5) is 28.4. The summed E-state index contributed by atoms with van der Waals surface area (Å²) < 4.78 is 1.66. The number of aromatic nitrogens is 3. The van der Waals surface area contributed by atoms with Crippen LogP contribution in [-0.2, 0) is 11.2 Å². The summed E-state index contributed by atoms with van der Waals surface area (Å²) in [6, 6.07) is 13.7. The zero-order valence-corrected chi connectivity index (χ0v) is 15.0. The van der Waals surface area contributed by atoms with Crippen LogP contribution in [0.5, 0.6) is 0 Å². The van der Waals surface area contributed by atoms with Crippen LogP contribution in [0.25, 0.3) is 5.69 Å². The fraction of sp³-hybridized carbons (Fsp3) is 0.211. The molecule has 1 atom stereocenters. The Hall–Kier alpha value is -3.55. The Morgan fingerprint density at radius 3 is 2.41 bits per heavy atom. The fourth-order valence-electron chi connectivity index (χ4n) is 2.72. The van der Waals surface area contributed by atoms with E-state index in [4.69, 9.17) is 0 Å². The summed E-state index contributed by atoms with van der Waals surface area (Å²) in [7, 11) is 1.75. The number of non-ortho nitro benzene ring substituents is 1.